The van der Waals surface area contributed by atoms with Gasteiger partial charge >= 0.3 is 5.97 Å². The van der Waals surface area contributed by atoms with Gasteiger partial charge in [0.2, 0.25) is 18.6 Å². The van der Waals surface area contributed by atoms with Crippen LogP contribution in [0.5, 0.6) is 34.5 Å². The van der Waals surface area contributed by atoms with Gasteiger partial charge in [-0.1, -0.05) is 13.0 Å². The second-order valence-electron chi connectivity index (χ2n) is 14.1. The molecule has 1 aliphatic rings. The van der Waals surface area contributed by atoms with Crippen molar-refractivity contribution in [1.82, 2.24) is 5.32 Å². The molecule has 0 fully saturated rings. The number of nitriles is 1. The van der Waals surface area contributed by atoms with Gasteiger partial charge in [0.1, 0.15) is 11.6 Å². The van der Waals surface area contributed by atoms with Gasteiger partial charge in [-0.05, 0) is 96.9 Å². The number of phenolic OH excluding ortho intramolecular Hbond substituents is 1. The fourth-order valence-electron chi connectivity index (χ4n) is 6.45. The van der Waals surface area contributed by atoms with E-state index in [1.807, 2.05) is 18.2 Å². The standard InChI is InChI=1S/C45H40N6O13/c1-23(20-24-4-17-34-35(21-24)64-22-63-34)40(54)47-27-9-5-26(6-10-27)42(56)51-33(18-19-46)44(58)48-28-11-7-25(8-12-28)41(55)49-31-15-13-29(36(52)38(31)61-2)43(57)50-32-16-14-30(45(59)60)37(53)39(32)62-3/h4-17,21,23,33,52-53H,18,20,22H2,1-3H3,(H,47,54)(H,48,58)(H,49,55)(H,50,57)(H,51,56)(H,59,60). The highest BCUT2D eigenvalue weighted by Gasteiger charge is 2.25. The van der Waals surface area contributed by atoms with Gasteiger partial charge in [0, 0.05) is 28.4 Å². The van der Waals surface area contributed by atoms with Crippen molar-refractivity contribution in [3.63, 3.8) is 0 Å². The van der Waals surface area contributed by atoms with Gasteiger partial charge in [-0.15, -0.1) is 0 Å². The number of carboxylic acids is 1. The molecule has 6 rings (SSSR count). The fraction of sp³-hybridized carbons (Fsp3) is 0.178. The zero-order chi connectivity index (χ0) is 46.1. The summed E-state index contributed by atoms with van der Waals surface area (Å²) in [6.07, 6.45) is 0.0947. The van der Waals surface area contributed by atoms with Crippen molar-refractivity contribution in [2.24, 2.45) is 5.92 Å². The number of methoxy groups -OCH3 is 2. The Morgan fingerprint density at radius 2 is 1.20 bits per heavy atom. The van der Waals surface area contributed by atoms with E-state index in [4.69, 9.17) is 18.9 Å². The lowest BCUT2D eigenvalue weighted by molar-refractivity contribution is -0.119. The van der Waals surface area contributed by atoms with Crippen LogP contribution in [0.3, 0.4) is 0 Å². The molecule has 0 aliphatic carbocycles. The Kier molecular flexibility index (Phi) is 13.8. The Labute approximate surface area is 364 Å². The second-order valence-corrected chi connectivity index (χ2v) is 14.1. The molecule has 1 heterocycles. The lowest BCUT2D eigenvalue weighted by Crippen LogP contribution is -2.43. The van der Waals surface area contributed by atoms with E-state index in [9.17, 15) is 49.3 Å². The highest BCUT2D eigenvalue weighted by molar-refractivity contribution is 6.10. The first-order valence-electron chi connectivity index (χ1n) is 19.2. The van der Waals surface area contributed by atoms with Crippen LogP contribution >= 0.6 is 0 Å². The number of carboxylic acid groups (broad SMARTS) is 1. The summed E-state index contributed by atoms with van der Waals surface area (Å²) in [4.78, 5) is 76.9. The van der Waals surface area contributed by atoms with Crippen molar-refractivity contribution in [1.29, 1.82) is 5.26 Å². The molecular formula is C45H40N6O13. The molecule has 1 aliphatic heterocycles. The number of aromatic hydroxyl groups is 2. The highest BCUT2D eigenvalue weighted by Crippen LogP contribution is 2.41. The van der Waals surface area contributed by atoms with Crippen LogP contribution in [0.1, 0.15) is 60.3 Å². The van der Waals surface area contributed by atoms with Gasteiger partial charge in [0.05, 0.1) is 43.6 Å². The summed E-state index contributed by atoms with van der Waals surface area (Å²) in [6, 6.07) is 22.5. The minimum Gasteiger partial charge on any atom is -0.504 e. The number of hydrogen-bond donors (Lipinski definition) is 8. The van der Waals surface area contributed by atoms with Crippen LogP contribution in [0, 0.1) is 17.2 Å². The van der Waals surface area contributed by atoms with E-state index >= 15 is 0 Å². The summed E-state index contributed by atoms with van der Waals surface area (Å²) < 4.78 is 21.1. The average molecular weight is 873 g/mol. The van der Waals surface area contributed by atoms with Crippen molar-refractivity contribution in [2.45, 2.75) is 25.8 Å². The summed E-state index contributed by atoms with van der Waals surface area (Å²) in [7, 11) is 2.36. The molecule has 2 atom stereocenters. The zero-order valence-electron chi connectivity index (χ0n) is 34.3. The molecule has 0 saturated carbocycles. The number of carbonyl (C=O) groups is 6. The number of phenols is 2. The molecule has 19 heteroatoms. The Bertz CT molecular complexity index is 2680. The van der Waals surface area contributed by atoms with Crippen LogP contribution < -0.4 is 45.5 Å². The molecule has 328 valence electrons. The summed E-state index contributed by atoms with van der Waals surface area (Å²) in [5, 5.41) is 52.9. The van der Waals surface area contributed by atoms with Crippen molar-refractivity contribution in [3.05, 3.63) is 119 Å². The van der Waals surface area contributed by atoms with Crippen LogP contribution in [-0.2, 0) is 16.0 Å². The van der Waals surface area contributed by atoms with Crippen molar-refractivity contribution < 1.29 is 63.0 Å². The van der Waals surface area contributed by atoms with Crippen molar-refractivity contribution >= 4 is 58.3 Å². The van der Waals surface area contributed by atoms with Crippen molar-refractivity contribution in [2.75, 3.05) is 42.3 Å². The SMILES string of the molecule is COc1c(NC(=O)c2ccc(NC(=O)c3ccc(NC(=O)C(CC#N)NC(=O)c4ccc(NC(=O)C(C)Cc5ccc6c(c5)OCO6)cc4)cc3)c(OC)c2O)ccc(C(=O)O)c1O. The monoisotopic (exact) mass is 872 g/mol. The second kappa shape index (κ2) is 19.7. The number of fused-ring (bicyclic) bond motifs is 1. The van der Waals surface area contributed by atoms with E-state index < -0.39 is 52.7 Å². The van der Waals surface area contributed by atoms with Gasteiger partial charge in [0.15, 0.2) is 34.5 Å². The smallest absolute Gasteiger partial charge is 0.339 e. The maximum Gasteiger partial charge on any atom is 0.339 e. The van der Waals surface area contributed by atoms with Crippen LogP contribution in [0.15, 0.2) is 91.0 Å². The number of amides is 5. The summed E-state index contributed by atoms with van der Waals surface area (Å²) in [5.74, 6) is -5.63. The average Bonchev–Trinajstić information content (AvgIpc) is 3.75. The molecule has 5 aromatic carbocycles. The van der Waals surface area contributed by atoms with Gasteiger partial charge < -0.3 is 60.9 Å². The molecule has 0 aromatic heterocycles. The van der Waals surface area contributed by atoms with E-state index in [-0.39, 0.29) is 70.3 Å². The number of nitrogens with zero attached hydrogens (tertiary/aromatic N) is 1. The molecule has 0 bridgehead atoms. The molecule has 2 unspecified atom stereocenters. The Hall–Kier alpha value is -8.79. The number of nitrogens with one attached hydrogen (secondary N) is 5. The quantitative estimate of drug-likeness (QED) is 0.0607. The van der Waals surface area contributed by atoms with Gasteiger partial charge in [0.25, 0.3) is 17.7 Å². The van der Waals surface area contributed by atoms with E-state index in [1.165, 1.54) is 61.7 Å². The lowest BCUT2D eigenvalue weighted by atomic mass is 10.00. The number of ether oxygens (including phenoxy) is 4. The largest absolute Gasteiger partial charge is 0.504 e. The third-order valence-corrected chi connectivity index (χ3v) is 9.82. The first-order chi connectivity index (χ1) is 30.7. The Morgan fingerprint density at radius 3 is 1.78 bits per heavy atom. The van der Waals surface area contributed by atoms with E-state index in [1.54, 1.807) is 25.1 Å². The van der Waals surface area contributed by atoms with E-state index in [0.29, 0.717) is 23.6 Å². The third kappa shape index (κ3) is 10.2. The minimum absolute atomic E-state index is 0.0159. The van der Waals surface area contributed by atoms with Gasteiger partial charge in [-0.25, -0.2) is 4.79 Å². The van der Waals surface area contributed by atoms with E-state index in [2.05, 4.69) is 26.6 Å². The number of aromatic carboxylic acids is 1. The summed E-state index contributed by atoms with van der Waals surface area (Å²) >= 11 is 0. The molecule has 0 saturated heterocycles. The highest BCUT2D eigenvalue weighted by atomic mass is 16.7. The number of carbonyl (C=O) groups excluding carboxylic acids is 5. The van der Waals surface area contributed by atoms with E-state index in [0.717, 1.165) is 18.7 Å². The maximum atomic E-state index is 13.2. The maximum absolute atomic E-state index is 13.2. The molecular weight excluding hydrogens is 833 g/mol. The molecule has 0 spiro atoms. The summed E-state index contributed by atoms with van der Waals surface area (Å²) in [6.45, 7) is 1.94. The molecule has 0 radical (unpaired) electrons. The Balaban J connectivity index is 1.02. The molecule has 8 N–H and O–H groups in total. The normalized spacial score (nSPS) is 12.1. The Morgan fingerprint density at radius 1 is 0.672 bits per heavy atom. The number of hydrogen-bond acceptors (Lipinski definition) is 13. The fourth-order valence-corrected chi connectivity index (χ4v) is 6.45. The van der Waals surface area contributed by atoms with Crippen LogP contribution in [-0.4, -0.2) is 77.9 Å². The van der Waals surface area contributed by atoms with Gasteiger partial charge in [-0.2, -0.15) is 5.26 Å². The van der Waals surface area contributed by atoms with Crippen LogP contribution in [0.25, 0.3) is 0 Å². The zero-order valence-corrected chi connectivity index (χ0v) is 34.3. The first-order valence-corrected chi connectivity index (χ1v) is 19.2. The van der Waals surface area contributed by atoms with Crippen LogP contribution in [0.4, 0.5) is 22.7 Å². The number of anilines is 4. The van der Waals surface area contributed by atoms with Crippen molar-refractivity contribution in [3.8, 4) is 40.6 Å². The molecule has 19 nitrogen and oxygen atoms in total. The topological polar surface area (TPSA) is 284 Å². The predicted molar refractivity (Wildman–Crippen MR) is 229 cm³/mol. The number of benzene rings is 5. The molecule has 5 amide bonds. The third-order valence-electron chi connectivity index (χ3n) is 9.82. The molecule has 64 heavy (non-hydrogen) atoms. The first kappa shape index (κ1) is 44.8. The van der Waals surface area contributed by atoms with Gasteiger partial charge in [-0.3, -0.25) is 24.0 Å². The predicted octanol–water partition coefficient (Wildman–Crippen LogP) is 5.51. The summed E-state index contributed by atoms with van der Waals surface area (Å²) in [5.41, 5.74) is 1.00. The molecule has 5 aromatic rings. The number of rotatable bonds is 16. The lowest BCUT2D eigenvalue weighted by Gasteiger charge is -2.17. The van der Waals surface area contributed by atoms with Crippen LogP contribution in [0.2, 0.25) is 0 Å². The minimum atomic E-state index is -1.42.